The molecule has 0 fully saturated rings. The molecular formula is C16H22N2O2. The van der Waals surface area contributed by atoms with Crippen LogP contribution in [0.25, 0.3) is 10.9 Å². The molecule has 2 aromatic rings. The number of carbonyl (C=O) groups excluding carboxylic acids is 1. The van der Waals surface area contributed by atoms with Crippen molar-refractivity contribution in [2.24, 2.45) is 0 Å². The fourth-order valence-electron chi connectivity index (χ4n) is 2.09. The van der Waals surface area contributed by atoms with Crippen molar-refractivity contribution >= 4 is 16.8 Å². The van der Waals surface area contributed by atoms with Gasteiger partial charge in [-0.05, 0) is 25.0 Å². The third-order valence-electron chi connectivity index (χ3n) is 3.23. The highest BCUT2D eigenvalue weighted by atomic mass is 16.5. The second kappa shape index (κ2) is 7.70. The Kier molecular flexibility index (Phi) is 5.62. The first-order chi connectivity index (χ1) is 9.83. The molecule has 1 aromatic heterocycles. The van der Waals surface area contributed by atoms with Gasteiger partial charge in [0.15, 0.2) is 0 Å². The summed E-state index contributed by atoms with van der Waals surface area (Å²) in [5.41, 5.74) is 1.59. The first kappa shape index (κ1) is 14.6. The number of hydrogen-bond acceptors (Lipinski definition) is 2. The molecule has 0 aliphatic carbocycles. The van der Waals surface area contributed by atoms with Crippen LogP contribution < -0.4 is 5.32 Å². The minimum absolute atomic E-state index is 0.0355. The lowest BCUT2D eigenvalue weighted by atomic mass is 10.1. The van der Waals surface area contributed by atoms with E-state index in [1.165, 1.54) is 0 Å². The molecule has 4 nitrogen and oxygen atoms in total. The van der Waals surface area contributed by atoms with Crippen LogP contribution in [0.1, 0.15) is 36.5 Å². The normalized spacial score (nSPS) is 10.8. The van der Waals surface area contributed by atoms with E-state index in [4.69, 9.17) is 4.74 Å². The molecule has 2 N–H and O–H groups in total. The van der Waals surface area contributed by atoms with E-state index in [1.807, 2.05) is 30.5 Å². The molecule has 1 amide bonds. The summed E-state index contributed by atoms with van der Waals surface area (Å²) in [6.45, 7) is 4.30. The minimum atomic E-state index is -0.0355. The molecule has 108 valence electrons. The van der Waals surface area contributed by atoms with Gasteiger partial charge in [0.25, 0.3) is 5.91 Å². The van der Waals surface area contributed by atoms with Crippen LogP contribution in [-0.4, -0.2) is 30.6 Å². The van der Waals surface area contributed by atoms with Gasteiger partial charge in [-0.2, -0.15) is 0 Å². The van der Waals surface area contributed by atoms with E-state index in [2.05, 4.69) is 17.2 Å². The standard InChI is InChI=1S/C16H22N2O2/c1-2-3-11-20-12-5-9-18-16(19)14-7-4-6-13-8-10-17-15(13)14/h4,6-8,10,17H,2-3,5,9,11-12H2,1H3,(H,18,19). The van der Waals surface area contributed by atoms with E-state index >= 15 is 0 Å². The zero-order valence-corrected chi connectivity index (χ0v) is 11.9. The van der Waals surface area contributed by atoms with Crippen LogP contribution in [0.15, 0.2) is 30.5 Å². The SMILES string of the molecule is CCCCOCCCNC(=O)c1cccc2cc[nH]c12. The number of carbonyl (C=O) groups is 1. The summed E-state index contributed by atoms with van der Waals surface area (Å²) in [4.78, 5) is 15.2. The average Bonchev–Trinajstić information content (AvgIpc) is 2.94. The van der Waals surface area contributed by atoms with E-state index in [0.717, 1.165) is 36.8 Å². The first-order valence-corrected chi connectivity index (χ1v) is 7.25. The van der Waals surface area contributed by atoms with Crippen molar-refractivity contribution < 1.29 is 9.53 Å². The van der Waals surface area contributed by atoms with Crippen LogP contribution in [0.4, 0.5) is 0 Å². The Morgan fingerprint density at radius 3 is 2.95 bits per heavy atom. The maximum atomic E-state index is 12.1. The van der Waals surface area contributed by atoms with Crippen molar-refractivity contribution in [3.8, 4) is 0 Å². The highest BCUT2D eigenvalue weighted by Crippen LogP contribution is 2.16. The second-order valence-corrected chi connectivity index (χ2v) is 4.82. The monoisotopic (exact) mass is 274 g/mol. The van der Waals surface area contributed by atoms with E-state index in [-0.39, 0.29) is 5.91 Å². The molecule has 20 heavy (non-hydrogen) atoms. The van der Waals surface area contributed by atoms with Crippen molar-refractivity contribution in [3.05, 3.63) is 36.0 Å². The number of H-pyrrole nitrogens is 1. The molecule has 1 aromatic carbocycles. The number of aromatic amines is 1. The fourth-order valence-corrected chi connectivity index (χ4v) is 2.09. The molecule has 0 radical (unpaired) electrons. The Balaban J connectivity index is 1.76. The van der Waals surface area contributed by atoms with Gasteiger partial charge in [0.1, 0.15) is 0 Å². The van der Waals surface area contributed by atoms with Crippen molar-refractivity contribution in [3.63, 3.8) is 0 Å². The maximum absolute atomic E-state index is 12.1. The summed E-state index contributed by atoms with van der Waals surface area (Å²) in [6.07, 6.45) is 4.94. The molecule has 1 heterocycles. The molecule has 0 aliphatic heterocycles. The number of benzene rings is 1. The smallest absolute Gasteiger partial charge is 0.253 e. The number of amides is 1. The lowest BCUT2D eigenvalue weighted by molar-refractivity contribution is 0.0942. The van der Waals surface area contributed by atoms with E-state index in [0.29, 0.717) is 18.7 Å². The maximum Gasteiger partial charge on any atom is 0.253 e. The molecule has 0 atom stereocenters. The molecule has 0 unspecified atom stereocenters. The number of rotatable bonds is 8. The topological polar surface area (TPSA) is 54.1 Å². The van der Waals surface area contributed by atoms with Gasteiger partial charge in [0.2, 0.25) is 0 Å². The Labute approximate surface area is 119 Å². The highest BCUT2D eigenvalue weighted by Gasteiger charge is 2.09. The van der Waals surface area contributed by atoms with Crippen LogP contribution in [0.5, 0.6) is 0 Å². The molecule has 2 rings (SSSR count). The quantitative estimate of drug-likeness (QED) is 0.727. The summed E-state index contributed by atoms with van der Waals surface area (Å²) >= 11 is 0. The lowest BCUT2D eigenvalue weighted by Gasteiger charge is -2.07. The van der Waals surface area contributed by atoms with Crippen LogP contribution in [-0.2, 0) is 4.74 Å². The summed E-state index contributed by atoms with van der Waals surface area (Å²) in [5.74, 6) is -0.0355. The van der Waals surface area contributed by atoms with Gasteiger partial charge in [-0.3, -0.25) is 4.79 Å². The number of hydrogen-bond donors (Lipinski definition) is 2. The molecule has 0 aliphatic rings. The highest BCUT2D eigenvalue weighted by molar-refractivity contribution is 6.05. The van der Waals surface area contributed by atoms with Gasteiger partial charge in [-0.25, -0.2) is 0 Å². The Morgan fingerprint density at radius 1 is 1.25 bits per heavy atom. The zero-order valence-electron chi connectivity index (χ0n) is 11.9. The van der Waals surface area contributed by atoms with Gasteiger partial charge in [0, 0.05) is 31.3 Å². The number of ether oxygens (including phenoxy) is 1. The van der Waals surface area contributed by atoms with Crippen LogP contribution in [0.3, 0.4) is 0 Å². The molecule has 0 saturated carbocycles. The molecule has 0 bridgehead atoms. The number of fused-ring (bicyclic) bond motifs is 1. The van der Waals surface area contributed by atoms with Crippen molar-refractivity contribution in [2.75, 3.05) is 19.8 Å². The average molecular weight is 274 g/mol. The number of para-hydroxylation sites is 1. The minimum Gasteiger partial charge on any atom is -0.381 e. The second-order valence-electron chi connectivity index (χ2n) is 4.82. The Hall–Kier alpha value is -1.81. The number of unbranched alkanes of at least 4 members (excludes halogenated alkanes) is 1. The summed E-state index contributed by atoms with van der Waals surface area (Å²) < 4.78 is 5.46. The number of nitrogens with one attached hydrogen (secondary N) is 2. The van der Waals surface area contributed by atoms with Crippen molar-refractivity contribution in [1.29, 1.82) is 0 Å². The number of aromatic nitrogens is 1. The molecule has 4 heteroatoms. The van der Waals surface area contributed by atoms with Crippen molar-refractivity contribution in [2.45, 2.75) is 26.2 Å². The van der Waals surface area contributed by atoms with E-state index < -0.39 is 0 Å². The van der Waals surface area contributed by atoms with Crippen molar-refractivity contribution in [1.82, 2.24) is 10.3 Å². The Morgan fingerprint density at radius 2 is 2.10 bits per heavy atom. The molecule has 0 spiro atoms. The van der Waals surface area contributed by atoms with E-state index in [9.17, 15) is 4.79 Å². The summed E-state index contributed by atoms with van der Waals surface area (Å²) in [6, 6.07) is 7.70. The first-order valence-electron chi connectivity index (χ1n) is 7.25. The van der Waals surface area contributed by atoms with Gasteiger partial charge in [0.05, 0.1) is 11.1 Å². The molecule has 0 saturated heterocycles. The van der Waals surface area contributed by atoms with Gasteiger partial charge in [-0.1, -0.05) is 25.5 Å². The zero-order chi connectivity index (χ0) is 14.2. The summed E-state index contributed by atoms with van der Waals surface area (Å²) in [7, 11) is 0. The fraction of sp³-hybridized carbons (Fsp3) is 0.438. The third kappa shape index (κ3) is 3.84. The van der Waals surface area contributed by atoms with Crippen LogP contribution in [0, 0.1) is 0 Å². The predicted octanol–water partition coefficient (Wildman–Crippen LogP) is 3.10. The van der Waals surface area contributed by atoms with Crippen LogP contribution in [0.2, 0.25) is 0 Å². The lowest BCUT2D eigenvalue weighted by Crippen LogP contribution is -2.25. The third-order valence-corrected chi connectivity index (χ3v) is 3.23. The van der Waals surface area contributed by atoms with Gasteiger partial charge < -0.3 is 15.0 Å². The van der Waals surface area contributed by atoms with Crippen LogP contribution >= 0.6 is 0 Å². The largest absolute Gasteiger partial charge is 0.381 e. The summed E-state index contributed by atoms with van der Waals surface area (Å²) in [5, 5.41) is 3.99. The molecular weight excluding hydrogens is 252 g/mol. The van der Waals surface area contributed by atoms with E-state index in [1.54, 1.807) is 0 Å². The predicted molar refractivity (Wildman–Crippen MR) is 81.0 cm³/mol. The van der Waals surface area contributed by atoms with Gasteiger partial charge >= 0.3 is 0 Å². The van der Waals surface area contributed by atoms with Gasteiger partial charge in [-0.15, -0.1) is 0 Å². The Bertz CT molecular complexity index is 548.